The number of amides is 1. The summed E-state index contributed by atoms with van der Waals surface area (Å²) in [5.41, 5.74) is -0.293. The van der Waals surface area contributed by atoms with Crippen LogP contribution in [0.2, 0.25) is 0 Å². The van der Waals surface area contributed by atoms with Crippen molar-refractivity contribution < 1.29 is 9.53 Å². The largest absolute Gasteiger partial charge is 0.383 e. The summed E-state index contributed by atoms with van der Waals surface area (Å²) >= 11 is 0. The fourth-order valence-corrected chi connectivity index (χ4v) is 2.60. The Balaban J connectivity index is 2.29. The van der Waals surface area contributed by atoms with Crippen molar-refractivity contribution in [3.63, 3.8) is 0 Å². The fourth-order valence-electron chi connectivity index (χ4n) is 2.60. The zero-order valence-electron chi connectivity index (χ0n) is 13.5. The SMILES string of the molecule is COCCN(C)CCNC(=O)C(C)(C)C1CCCNC1. The monoisotopic (exact) mass is 285 g/mol. The fraction of sp³-hybridized carbons (Fsp3) is 0.933. The lowest BCUT2D eigenvalue weighted by Crippen LogP contribution is -2.48. The molecule has 0 radical (unpaired) electrons. The summed E-state index contributed by atoms with van der Waals surface area (Å²) in [6.45, 7) is 9.33. The van der Waals surface area contributed by atoms with E-state index < -0.39 is 0 Å². The molecule has 0 aliphatic carbocycles. The van der Waals surface area contributed by atoms with Crippen molar-refractivity contribution >= 4 is 5.91 Å². The number of nitrogens with one attached hydrogen (secondary N) is 2. The molecule has 1 unspecified atom stereocenters. The van der Waals surface area contributed by atoms with Crippen molar-refractivity contribution in [3.8, 4) is 0 Å². The Bertz CT molecular complexity index is 289. The van der Waals surface area contributed by atoms with E-state index in [-0.39, 0.29) is 11.3 Å². The number of hydrogen-bond donors (Lipinski definition) is 2. The number of likely N-dealkylation sites (N-methyl/N-ethyl adjacent to an activating group) is 1. The van der Waals surface area contributed by atoms with Gasteiger partial charge in [0.1, 0.15) is 0 Å². The minimum Gasteiger partial charge on any atom is -0.383 e. The van der Waals surface area contributed by atoms with Gasteiger partial charge < -0.3 is 20.3 Å². The molecular weight excluding hydrogens is 254 g/mol. The van der Waals surface area contributed by atoms with Gasteiger partial charge in [0, 0.05) is 32.2 Å². The summed E-state index contributed by atoms with van der Waals surface area (Å²) in [6, 6.07) is 0. The van der Waals surface area contributed by atoms with Gasteiger partial charge >= 0.3 is 0 Å². The van der Waals surface area contributed by atoms with E-state index >= 15 is 0 Å². The molecule has 0 saturated carbocycles. The number of carbonyl (C=O) groups excluding carboxylic acids is 1. The van der Waals surface area contributed by atoms with Crippen molar-refractivity contribution in [2.24, 2.45) is 11.3 Å². The van der Waals surface area contributed by atoms with E-state index in [0.29, 0.717) is 12.5 Å². The van der Waals surface area contributed by atoms with Crippen LogP contribution in [-0.2, 0) is 9.53 Å². The number of ether oxygens (including phenoxy) is 1. The molecule has 1 rings (SSSR count). The average molecular weight is 285 g/mol. The summed E-state index contributed by atoms with van der Waals surface area (Å²) in [4.78, 5) is 14.5. The third kappa shape index (κ3) is 5.38. The maximum Gasteiger partial charge on any atom is 0.226 e. The van der Waals surface area contributed by atoms with Crippen molar-refractivity contribution in [1.29, 1.82) is 0 Å². The topological polar surface area (TPSA) is 53.6 Å². The van der Waals surface area contributed by atoms with Crippen LogP contribution in [0.3, 0.4) is 0 Å². The number of piperidine rings is 1. The minimum atomic E-state index is -0.293. The molecule has 1 atom stereocenters. The predicted octanol–water partition coefficient (Wildman–Crippen LogP) is 0.707. The van der Waals surface area contributed by atoms with E-state index in [0.717, 1.165) is 39.2 Å². The Kier molecular flexibility index (Phi) is 7.48. The molecule has 5 heteroatoms. The molecule has 1 aliphatic rings. The van der Waals surface area contributed by atoms with Crippen LogP contribution in [0, 0.1) is 11.3 Å². The quantitative estimate of drug-likeness (QED) is 0.689. The van der Waals surface area contributed by atoms with Gasteiger partial charge in [-0.3, -0.25) is 4.79 Å². The van der Waals surface area contributed by atoms with E-state index in [1.165, 1.54) is 6.42 Å². The molecule has 1 amide bonds. The number of methoxy groups -OCH3 is 1. The van der Waals surface area contributed by atoms with Crippen LogP contribution in [0.5, 0.6) is 0 Å². The molecule has 1 aliphatic heterocycles. The summed E-state index contributed by atoms with van der Waals surface area (Å²) in [7, 11) is 3.75. The van der Waals surface area contributed by atoms with Gasteiger partial charge in [0.2, 0.25) is 5.91 Å². The number of hydrogen-bond acceptors (Lipinski definition) is 4. The Hall–Kier alpha value is -0.650. The van der Waals surface area contributed by atoms with Crippen LogP contribution in [0.25, 0.3) is 0 Å². The molecule has 20 heavy (non-hydrogen) atoms. The molecule has 0 spiro atoms. The second kappa shape index (κ2) is 8.60. The Labute approximate surface area is 123 Å². The average Bonchev–Trinajstić information content (AvgIpc) is 2.45. The normalized spacial score (nSPS) is 20.1. The first-order valence-electron chi connectivity index (χ1n) is 7.65. The first-order chi connectivity index (χ1) is 9.48. The van der Waals surface area contributed by atoms with Crippen molar-refractivity contribution in [2.45, 2.75) is 26.7 Å². The van der Waals surface area contributed by atoms with Gasteiger partial charge in [-0.2, -0.15) is 0 Å². The van der Waals surface area contributed by atoms with Crippen LogP contribution in [0.4, 0.5) is 0 Å². The molecule has 0 aromatic heterocycles. The van der Waals surface area contributed by atoms with E-state index in [1.54, 1.807) is 7.11 Å². The second-order valence-electron chi connectivity index (χ2n) is 6.32. The summed E-state index contributed by atoms with van der Waals surface area (Å²) < 4.78 is 5.04. The predicted molar refractivity (Wildman–Crippen MR) is 81.8 cm³/mol. The second-order valence-corrected chi connectivity index (χ2v) is 6.32. The van der Waals surface area contributed by atoms with Crippen molar-refractivity contribution in [1.82, 2.24) is 15.5 Å². The van der Waals surface area contributed by atoms with E-state index in [2.05, 4.69) is 29.4 Å². The smallest absolute Gasteiger partial charge is 0.226 e. The van der Waals surface area contributed by atoms with Gasteiger partial charge in [-0.15, -0.1) is 0 Å². The number of carbonyl (C=O) groups is 1. The molecule has 1 heterocycles. The zero-order chi connectivity index (χ0) is 15.0. The van der Waals surface area contributed by atoms with Gasteiger partial charge in [-0.1, -0.05) is 13.8 Å². The van der Waals surface area contributed by atoms with E-state index in [4.69, 9.17) is 4.74 Å². The summed E-state index contributed by atoms with van der Waals surface area (Å²) in [6.07, 6.45) is 2.31. The third-order valence-electron chi connectivity index (χ3n) is 4.36. The Morgan fingerprint density at radius 1 is 1.45 bits per heavy atom. The lowest BCUT2D eigenvalue weighted by Gasteiger charge is -2.36. The van der Waals surface area contributed by atoms with E-state index in [9.17, 15) is 4.79 Å². The highest BCUT2D eigenvalue weighted by molar-refractivity contribution is 5.82. The molecule has 5 nitrogen and oxygen atoms in total. The molecule has 1 fully saturated rings. The lowest BCUT2D eigenvalue weighted by molar-refractivity contribution is -0.132. The highest BCUT2D eigenvalue weighted by Crippen LogP contribution is 2.31. The highest BCUT2D eigenvalue weighted by atomic mass is 16.5. The first kappa shape index (κ1) is 17.4. The van der Waals surface area contributed by atoms with Crippen molar-refractivity contribution in [2.75, 3.05) is 53.5 Å². The Morgan fingerprint density at radius 3 is 2.80 bits per heavy atom. The minimum absolute atomic E-state index is 0.173. The highest BCUT2D eigenvalue weighted by Gasteiger charge is 2.36. The molecule has 118 valence electrons. The van der Waals surface area contributed by atoms with Crippen LogP contribution < -0.4 is 10.6 Å². The summed E-state index contributed by atoms with van der Waals surface area (Å²) in [5.74, 6) is 0.605. The summed E-state index contributed by atoms with van der Waals surface area (Å²) in [5, 5.41) is 6.47. The van der Waals surface area contributed by atoms with Gasteiger partial charge in [0.25, 0.3) is 0 Å². The van der Waals surface area contributed by atoms with Gasteiger partial charge in [0.15, 0.2) is 0 Å². The molecule has 2 N–H and O–H groups in total. The standard InChI is InChI=1S/C15H31N3O2/c1-15(2,13-6-5-7-16-12-13)14(19)17-8-9-18(3)10-11-20-4/h13,16H,5-12H2,1-4H3,(H,17,19). The Morgan fingerprint density at radius 2 is 2.20 bits per heavy atom. The molecular formula is C15H31N3O2. The first-order valence-corrected chi connectivity index (χ1v) is 7.65. The maximum absolute atomic E-state index is 12.4. The van der Waals surface area contributed by atoms with Crippen LogP contribution in [-0.4, -0.2) is 64.3 Å². The van der Waals surface area contributed by atoms with Crippen LogP contribution >= 0.6 is 0 Å². The molecule has 0 bridgehead atoms. The molecule has 0 aromatic rings. The number of nitrogens with zero attached hydrogens (tertiary/aromatic N) is 1. The van der Waals surface area contributed by atoms with Crippen molar-refractivity contribution in [3.05, 3.63) is 0 Å². The molecule has 1 saturated heterocycles. The van der Waals surface area contributed by atoms with Gasteiger partial charge in [-0.05, 0) is 38.9 Å². The van der Waals surface area contributed by atoms with Gasteiger partial charge in [0.05, 0.1) is 6.61 Å². The van der Waals surface area contributed by atoms with Crippen LogP contribution in [0.1, 0.15) is 26.7 Å². The lowest BCUT2D eigenvalue weighted by atomic mass is 9.74. The van der Waals surface area contributed by atoms with Gasteiger partial charge in [-0.25, -0.2) is 0 Å². The molecule has 0 aromatic carbocycles. The van der Waals surface area contributed by atoms with E-state index in [1.807, 2.05) is 7.05 Å². The number of rotatable bonds is 8. The maximum atomic E-state index is 12.4. The third-order valence-corrected chi connectivity index (χ3v) is 4.36. The zero-order valence-corrected chi connectivity index (χ0v) is 13.5. The van der Waals surface area contributed by atoms with Crippen LogP contribution in [0.15, 0.2) is 0 Å².